The molecular weight excluding hydrogens is 271 g/mol. The predicted molar refractivity (Wildman–Crippen MR) is 70.3 cm³/mol. The van der Waals surface area contributed by atoms with E-state index >= 15 is 0 Å². The van der Waals surface area contributed by atoms with Gasteiger partial charge in [0.1, 0.15) is 5.82 Å². The summed E-state index contributed by atoms with van der Waals surface area (Å²) >= 11 is 5.82. The lowest BCUT2D eigenvalue weighted by Gasteiger charge is -2.11. The number of methoxy groups -OCH3 is 1. The van der Waals surface area contributed by atoms with Gasteiger partial charge >= 0.3 is 0 Å². The molecule has 19 heavy (non-hydrogen) atoms. The van der Waals surface area contributed by atoms with Gasteiger partial charge in [-0.2, -0.15) is 0 Å². The van der Waals surface area contributed by atoms with Crippen LogP contribution >= 0.6 is 11.6 Å². The zero-order valence-corrected chi connectivity index (χ0v) is 11.2. The SMILES string of the molecule is COc1nc(C)cc(=O)n1Cc1cc(Cl)ccc1F. The van der Waals surface area contributed by atoms with Gasteiger partial charge in [0.05, 0.1) is 13.7 Å². The monoisotopic (exact) mass is 282 g/mol. The maximum absolute atomic E-state index is 13.7. The van der Waals surface area contributed by atoms with Gasteiger partial charge in [0.15, 0.2) is 0 Å². The van der Waals surface area contributed by atoms with Crippen molar-refractivity contribution >= 4 is 11.6 Å². The van der Waals surface area contributed by atoms with Crippen LogP contribution < -0.4 is 10.3 Å². The highest BCUT2D eigenvalue weighted by Crippen LogP contribution is 2.17. The number of aromatic nitrogens is 2. The highest BCUT2D eigenvalue weighted by molar-refractivity contribution is 6.30. The smallest absolute Gasteiger partial charge is 0.299 e. The molecule has 1 aromatic carbocycles. The normalized spacial score (nSPS) is 10.5. The van der Waals surface area contributed by atoms with Gasteiger partial charge in [0.2, 0.25) is 0 Å². The zero-order valence-electron chi connectivity index (χ0n) is 10.5. The predicted octanol–water partition coefficient (Wildman–Crippen LogP) is 2.40. The summed E-state index contributed by atoms with van der Waals surface area (Å²) in [6, 6.07) is 5.70. The molecule has 0 bridgehead atoms. The summed E-state index contributed by atoms with van der Waals surface area (Å²) in [6.45, 7) is 1.70. The van der Waals surface area contributed by atoms with E-state index in [0.29, 0.717) is 16.3 Å². The van der Waals surface area contributed by atoms with E-state index in [0.717, 1.165) is 0 Å². The Bertz CT molecular complexity index is 670. The van der Waals surface area contributed by atoms with Crippen LogP contribution in [0.15, 0.2) is 29.1 Å². The van der Waals surface area contributed by atoms with Crippen LogP contribution in [-0.4, -0.2) is 16.7 Å². The first-order valence-corrected chi connectivity index (χ1v) is 5.95. The molecule has 1 aromatic heterocycles. The Balaban J connectivity index is 2.49. The molecule has 4 nitrogen and oxygen atoms in total. The number of nitrogens with zero attached hydrogens (tertiary/aromatic N) is 2. The number of hydrogen-bond donors (Lipinski definition) is 0. The van der Waals surface area contributed by atoms with E-state index in [4.69, 9.17) is 16.3 Å². The van der Waals surface area contributed by atoms with E-state index in [1.165, 1.54) is 35.9 Å². The highest BCUT2D eigenvalue weighted by atomic mass is 35.5. The molecule has 0 N–H and O–H groups in total. The molecule has 0 spiro atoms. The molecular formula is C13H12ClFN2O2. The van der Waals surface area contributed by atoms with Crippen LogP contribution in [-0.2, 0) is 6.54 Å². The summed E-state index contributed by atoms with van der Waals surface area (Å²) < 4.78 is 20.0. The van der Waals surface area contributed by atoms with Crippen molar-refractivity contribution in [1.82, 2.24) is 9.55 Å². The van der Waals surface area contributed by atoms with Crippen molar-refractivity contribution in [2.45, 2.75) is 13.5 Å². The van der Waals surface area contributed by atoms with Gasteiger partial charge in [0.25, 0.3) is 11.6 Å². The van der Waals surface area contributed by atoms with E-state index in [9.17, 15) is 9.18 Å². The molecule has 0 saturated carbocycles. The van der Waals surface area contributed by atoms with E-state index in [-0.39, 0.29) is 18.1 Å². The van der Waals surface area contributed by atoms with Crippen LogP contribution in [0.1, 0.15) is 11.3 Å². The third kappa shape index (κ3) is 2.93. The molecule has 0 aliphatic heterocycles. The average Bonchev–Trinajstić information content (AvgIpc) is 2.36. The minimum Gasteiger partial charge on any atom is -0.468 e. The van der Waals surface area contributed by atoms with Crippen molar-refractivity contribution in [2.75, 3.05) is 7.11 Å². The maximum atomic E-state index is 13.7. The standard InChI is InChI=1S/C13H12ClFN2O2/c1-8-5-12(18)17(13(16-8)19-2)7-9-6-10(14)3-4-11(9)15/h3-6H,7H2,1-2H3. The van der Waals surface area contributed by atoms with E-state index < -0.39 is 5.82 Å². The Hall–Kier alpha value is -1.88. The van der Waals surface area contributed by atoms with Gasteiger partial charge in [-0.05, 0) is 25.1 Å². The number of halogens is 2. The molecule has 0 atom stereocenters. The fraction of sp³-hybridized carbons (Fsp3) is 0.231. The van der Waals surface area contributed by atoms with Crippen molar-refractivity contribution in [3.8, 4) is 6.01 Å². The van der Waals surface area contributed by atoms with Crippen molar-refractivity contribution in [3.05, 3.63) is 56.7 Å². The molecule has 0 radical (unpaired) electrons. The van der Waals surface area contributed by atoms with Gasteiger partial charge in [-0.1, -0.05) is 11.6 Å². The lowest BCUT2D eigenvalue weighted by molar-refractivity contribution is 0.349. The second kappa shape index (κ2) is 5.40. The summed E-state index contributed by atoms with van der Waals surface area (Å²) in [6.07, 6.45) is 0. The Morgan fingerprint density at radius 1 is 1.42 bits per heavy atom. The van der Waals surface area contributed by atoms with Crippen molar-refractivity contribution in [1.29, 1.82) is 0 Å². The maximum Gasteiger partial charge on any atom is 0.299 e. The van der Waals surface area contributed by atoms with Gasteiger partial charge in [-0.3, -0.25) is 9.36 Å². The molecule has 0 aliphatic carbocycles. The third-order valence-electron chi connectivity index (χ3n) is 2.62. The van der Waals surface area contributed by atoms with Gasteiger partial charge in [0, 0.05) is 22.3 Å². The van der Waals surface area contributed by atoms with Crippen LogP contribution in [0.3, 0.4) is 0 Å². The molecule has 0 saturated heterocycles. The summed E-state index contributed by atoms with van der Waals surface area (Å²) in [7, 11) is 1.41. The van der Waals surface area contributed by atoms with E-state index in [1.807, 2.05) is 0 Å². The molecule has 6 heteroatoms. The average molecular weight is 283 g/mol. The second-order valence-corrected chi connectivity index (χ2v) is 4.48. The van der Waals surface area contributed by atoms with Crippen LogP contribution in [0.5, 0.6) is 6.01 Å². The number of rotatable bonds is 3. The molecule has 0 fully saturated rings. The molecule has 1 heterocycles. The number of hydrogen-bond acceptors (Lipinski definition) is 3. The fourth-order valence-corrected chi connectivity index (χ4v) is 1.93. The fourth-order valence-electron chi connectivity index (χ4n) is 1.73. The van der Waals surface area contributed by atoms with E-state index in [2.05, 4.69) is 4.98 Å². The molecule has 0 unspecified atom stereocenters. The number of benzene rings is 1. The van der Waals surface area contributed by atoms with Crippen LogP contribution in [0, 0.1) is 12.7 Å². The molecule has 0 amide bonds. The van der Waals surface area contributed by atoms with Crippen LogP contribution in [0.4, 0.5) is 4.39 Å². The highest BCUT2D eigenvalue weighted by Gasteiger charge is 2.11. The molecule has 2 rings (SSSR count). The van der Waals surface area contributed by atoms with Crippen molar-refractivity contribution in [3.63, 3.8) is 0 Å². The number of ether oxygens (including phenoxy) is 1. The topological polar surface area (TPSA) is 44.1 Å². The first kappa shape index (κ1) is 13.5. The minimum atomic E-state index is -0.432. The van der Waals surface area contributed by atoms with Gasteiger partial charge < -0.3 is 4.74 Å². The number of aryl methyl sites for hydroxylation is 1. The Labute approximate surface area is 114 Å². The lowest BCUT2D eigenvalue weighted by atomic mass is 10.2. The zero-order chi connectivity index (χ0) is 14.0. The van der Waals surface area contributed by atoms with Crippen LogP contribution in [0.25, 0.3) is 0 Å². The third-order valence-corrected chi connectivity index (χ3v) is 2.86. The quantitative estimate of drug-likeness (QED) is 0.868. The summed E-state index contributed by atoms with van der Waals surface area (Å²) in [5.74, 6) is -0.432. The second-order valence-electron chi connectivity index (χ2n) is 4.04. The summed E-state index contributed by atoms with van der Waals surface area (Å²) in [5.41, 5.74) is 0.548. The van der Waals surface area contributed by atoms with E-state index in [1.54, 1.807) is 6.92 Å². The van der Waals surface area contributed by atoms with Gasteiger partial charge in [-0.25, -0.2) is 9.37 Å². The minimum absolute atomic E-state index is 0.0156. The van der Waals surface area contributed by atoms with Crippen molar-refractivity contribution < 1.29 is 9.13 Å². The summed E-state index contributed by atoms with van der Waals surface area (Å²) in [5, 5.41) is 0.406. The van der Waals surface area contributed by atoms with Gasteiger partial charge in [-0.15, -0.1) is 0 Å². The van der Waals surface area contributed by atoms with Crippen LogP contribution in [0.2, 0.25) is 5.02 Å². The first-order chi connectivity index (χ1) is 9.01. The summed E-state index contributed by atoms with van der Waals surface area (Å²) in [4.78, 5) is 16.0. The lowest BCUT2D eigenvalue weighted by Crippen LogP contribution is -2.23. The Morgan fingerprint density at radius 2 is 2.16 bits per heavy atom. The van der Waals surface area contributed by atoms with Crippen molar-refractivity contribution in [2.24, 2.45) is 0 Å². The Morgan fingerprint density at radius 3 is 2.84 bits per heavy atom. The first-order valence-electron chi connectivity index (χ1n) is 5.57. The molecule has 100 valence electrons. The largest absolute Gasteiger partial charge is 0.468 e. The Kier molecular flexibility index (Phi) is 3.85. The molecule has 0 aliphatic rings. The molecule has 2 aromatic rings.